The van der Waals surface area contributed by atoms with Crippen LogP contribution in [0, 0.1) is 0 Å². The van der Waals surface area contributed by atoms with E-state index in [2.05, 4.69) is 4.72 Å². The molecule has 0 bridgehead atoms. The maximum atomic E-state index is 12.1. The van der Waals surface area contributed by atoms with Gasteiger partial charge in [0, 0.05) is 18.6 Å². The van der Waals surface area contributed by atoms with E-state index in [4.69, 9.17) is 5.73 Å². The normalized spacial score (nSPS) is 23.9. The Kier molecular flexibility index (Phi) is 5.17. The number of nitrogens with two attached hydrogens (primary N) is 1. The van der Waals surface area contributed by atoms with E-state index < -0.39 is 10.2 Å². The molecule has 0 aromatic carbocycles. The number of hydrogen-bond donors (Lipinski definition) is 2. The molecule has 1 fully saturated rings. The molecule has 0 aromatic heterocycles. The third-order valence-electron chi connectivity index (χ3n) is 2.77. The summed E-state index contributed by atoms with van der Waals surface area (Å²) in [4.78, 5) is 0. The topological polar surface area (TPSA) is 75.4 Å². The van der Waals surface area contributed by atoms with Crippen LogP contribution in [0.25, 0.3) is 0 Å². The van der Waals surface area contributed by atoms with Crippen LogP contribution in [0.4, 0.5) is 0 Å². The van der Waals surface area contributed by atoms with Crippen LogP contribution in [-0.4, -0.2) is 37.9 Å². The highest BCUT2D eigenvalue weighted by molar-refractivity contribution is 7.87. The van der Waals surface area contributed by atoms with E-state index in [1.54, 1.807) is 4.31 Å². The van der Waals surface area contributed by atoms with Crippen molar-refractivity contribution < 1.29 is 8.42 Å². The van der Waals surface area contributed by atoms with Gasteiger partial charge in [-0.05, 0) is 39.7 Å². The molecule has 1 saturated heterocycles. The number of piperidine rings is 1. The van der Waals surface area contributed by atoms with E-state index >= 15 is 0 Å². The van der Waals surface area contributed by atoms with Crippen LogP contribution in [-0.2, 0) is 10.2 Å². The average molecular weight is 249 g/mol. The molecule has 1 atom stereocenters. The minimum atomic E-state index is -3.33. The molecule has 0 spiro atoms. The summed E-state index contributed by atoms with van der Waals surface area (Å²) in [6, 6.07) is 0.0143. The minimum absolute atomic E-state index is 0.0644. The van der Waals surface area contributed by atoms with E-state index in [0.29, 0.717) is 13.1 Å². The third-order valence-corrected chi connectivity index (χ3v) is 4.63. The van der Waals surface area contributed by atoms with E-state index in [0.717, 1.165) is 25.7 Å². The van der Waals surface area contributed by atoms with Crippen molar-refractivity contribution in [3.05, 3.63) is 0 Å². The predicted octanol–water partition coefficient (Wildman–Crippen LogP) is 0.433. The van der Waals surface area contributed by atoms with Gasteiger partial charge < -0.3 is 5.73 Å². The van der Waals surface area contributed by atoms with Gasteiger partial charge in [-0.2, -0.15) is 17.4 Å². The highest BCUT2D eigenvalue weighted by Gasteiger charge is 2.31. The Balaban J connectivity index is 2.73. The molecular weight excluding hydrogens is 226 g/mol. The van der Waals surface area contributed by atoms with Gasteiger partial charge in [0.25, 0.3) is 10.2 Å². The molecule has 0 amide bonds. The molecule has 3 N–H and O–H groups in total. The fraction of sp³-hybridized carbons (Fsp3) is 1.00. The summed E-state index contributed by atoms with van der Waals surface area (Å²) in [6.07, 6.45) is 3.72. The van der Waals surface area contributed by atoms with Gasteiger partial charge in [-0.1, -0.05) is 6.42 Å². The van der Waals surface area contributed by atoms with Gasteiger partial charge >= 0.3 is 0 Å². The van der Waals surface area contributed by atoms with Crippen LogP contribution in [0.2, 0.25) is 0 Å². The highest BCUT2D eigenvalue weighted by atomic mass is 32.2. The molecule has 1 aliphatic heterocycles. The second kappa shape index (κ2) is 5.95. The van der Waals surface area contributed by atoms with E-state index in [-0.39, 0.29) is 12.1 Å². The summed E-state index contributed by atoms with van der Waals surface area (Å²) >= 11 is 0. The second-order valence-corrected chi connectivity index (χ2v) is 6.27. The molecule has 96 valence electrons. The summed E-state index contributed by atoms with van der Waals surface area (Å²) in [7, 11) is -3.33. The van der Waals surface area contributed by atoms with E-state index in [1.165, 1.54) is 0 Å². The first kappa shape index (κ1) is 13.9. The van der Waals surface area contributed by atoms with Gasteiger partial charge in [0.05, 0.1) is 0 Å². The summed E-state index contributed by atoms with van der Waals surface area (Å²) in [5, 5.41) is 0. The monoisotopic (exact) mass is 249 g/mol. The molecule has 0 radical (unpaired) electrons. The Labute approximate surface area is 98.6 Å². The summed E-state index contributed by atoms with van der Waals surface area (Å²) in [5.41, 5.74) is 5.52. The zero-order valence-electron chi connectivity index (χ0n) is 10.1. The zero-order valence-corrected chi connectivity index (χ0v) is 11.0. The van der Waals surface area contributed by atoms with Crippen LogP contribution >= 0.6 is 0 Å². The Morgan fingerprint density at radius 2 is 2.12 bits per heavy atom. The van der Waals surface area contributed by atoms with Crippen LogP contribution in [0.1, 0.15) is 39.5 Å². The smallest absolute Gasteiger partial charge is 0.279 e. The van der Waals surface area contributed by atoms with Crippen LogP contribution in [0.15, 0.2) is 0 Å². The SMILES string of the molecule is CC(C)NS(=O)(=O)N1CCCCC1CCN. The first-order chi connectivity index (χ1) is 7.47. The summed E-state index contributed by atoms with van der Waals surface area (Å²) in [5.74, 6) is 0. The predicted molar refractivity (Wildman–Crippen MR) is 65.2 cm³/mol. The van der Waals surface area contributed by atoms with Crippen molar-refractivity contribution >= 4 is 10.2 Å². The van der Waals surface area contributed by atoms with Gasteiger partial charge in [-0.15, -0.1) is 0 Å². The fourth-order valence-electron chi connectivity index (χ4n) is 2.14. The summed E-state index contributed by atoms with van der Waals surface area (Å²) < 4.78 is 28.3. The standard InChI is InChI=1S/C10H23N3O2S/c1-9(2)12-16(14,15)13-8-4-3-5-10(13)6-7-11/h9-10,12H,3-8,11H2,1-2H3. The molecule has 0 aromatic rings. The van der Waals surface area contributed by atoms with Crippen molar-refractivity contribution in [1.29, 1.82) is 0 Å². The maximum absolute atomic E-state index is 12.1. The summed E-state index contributed by atoms with van der Waals surface area (Å²) in [6.45, 7) is 4.82. The molecule has 1 aliphatic rings. The Hall–Kier alpha value is -0.170. The van der Waals surface area contributed by atoms with Gasteiger partial charge in [-0.3, -0.25) is 0 Å². The lowest BCUT2D eigenvalue weighted by molar-refractivity contribution is 0.239. The molecular formula is C10H23N3O2S. The van der Waals surface area contributed by atoms with Crippen molar-refractivity contribution in [2.45, 2.75) is 51.6 Å². The lowest BCUT2D eigenvalue weighted by atomic mass is 10.0. The van der Waals surface area contributed by atoms with Gasteiger partial charge in [-0.25, -0.2) is 0 Å². The lowest BCUT2D eigenvalue weighted by Gasteiger charge is -2.34. The Bertz CT molecular complexity index is 301. The molecule has 5 nitrogen and oxygen atoms in total. The molecule has 16 heavy (non-hydrogen) atoms. The van der Waals surface area contributed by atoms with Gasteiger partial charge in [0.1, 0.15) is 0 Å². The first-order valence-corrected chi connectivity index (χ1v) is 7.40. The quantitative estimate of drug-likeness (QED) is 0.742. The fourth-order valence-corrected chi connectivity index (χ4v) is 3.84. The number of hydrogen-bond acceptors (Lipinski definition) is 3. The van der Waals surface area contributed by atoms with Crippen molar-refractivity contribution in [3.8, 4) is 0 Å². The molecule has 1 unspecified atom stereocenters. The van der Waals surface area contributed by atoms with Crippen LogP contribution < -0.4 is 10.5 Å². The number of rotatable bonds is 5. The van der Waals surface area contributed by atoms with E-state index in [9.17, 15) is 8.42 Å². The van der Waals surface area contributed by atoms with Gasteiger partial charge in [0.15, 0.2) is 0 Å². The zero-order chi connectivity index (χ0) is 12.2. The van der Waals surface area contributed by atoms with Gasteiger partial charge in [0.2, 0.25) is 0 Å². The molecule has 1 heterocycles. The molecule has 0 aliphatic carbocycles. The third kappa shape index (κ3) is 3.69. The highest BCUT2D eigenvalue weighted by Crippen LogP contribution is 2.21. The first-order valence-electron chi connectivity index (χ1n) is 5.96. The molecule has 6 heteroatoms. The molecule has 1 rings (SSSR count). The number of nitrogens with zero attached hydrogens (tertiary/aromatic N) is 1. The average Bonchev–Trinajstić information content (AvgIpc) is 2.17. The molecule has 0 saturated carbocycles. The van der Waals surface area contributed by atoms with E-state index in [1.807, 2.05) is 13.8 Å². The lowest BCUT2D eigenvalue weighted by Crippen LogP contribution is -2.51. The van der Waals surface area contributed by atoms with Crippen LogP contribution in [0.3, 0.4) is 0 Å². The Morgan fingerprint density at radius 1 is 1.44 bits per heavy atom. The largest absolute Gasteiger partial charge is 0.330 e. The maximum Gasteiger partial charge on any atom is 0.279 e. The van der Waals surface area contributed by atoms with Crippen molar-refractivity contribution in [2.75, 3.05) is 13.1 Å². The van der Waals surface area contributed by atoms with Crippen LogP contribution in [0.5, 0.6) is 0 Å². The van der Waals surface area contributed by atoms with Crippen molar-refractivity contribution in [1.82, 2.24) is 9.03 Å². The van der Waals surface area contributed by atoms with Crippen molar-refractivity contribution in [2.24, 2.45) is 5.73 Å². The Morgan fingerprint density at radius 3 is 2.69 bits per heavy atom. The minimum Gasteiger partial charge on any atom is -0.330 e. The number of nitrogens with one attached hydrogen (secondary N) is 1. The second-order valence-electron chi connectivity index (χ2n) is 4.62. The van der Waals surface area contributed by atoms with Crippen molar-refractivity contribution in [3.63, 3.8) is 0 Å².